The zero-order valence-electron chi connectivity index (χ0n) is 5.98. The van der Waals surface area contributed by atoms with Crippen LogP contribution in [0, 0.1) is 11.6 Å². The molecule has 0 aliphatic rings. The quantitative estimate of drug-likeness (QED) is 0.587. The third kappa shape index (κ3) is 2.73. The van der Waals surface area contributed by atoms with Crippen LogP contribution in [0.5, 0.6) is 0 Å². The Hall–Kier alpha value is -0.710. The molecule has 12 heavy (non-hydrogen) atoms. The highest BCUT2D eigenvalue weighted by molar-refractivity contribution is 6.12. The van der Waals surface area contributed by atoms with Crippen molar-refractivity contribution in [2.24, 2.45) is 0 Å². The molecule has 1 rings (SSSR count). The smallest absolute Gasteiger partial charge is 0.126 e. The molecule has 0 saturated heterocycles. The predicted molar refractivity (Wildman–Crippen MR) is 40.1 cm³/mol. The SMILES string of the molecule is Fc1cc(F)cc(CONCl)c1. The maximum absolute atomic E-state index is 12.5. The maximum Gasteiger partial charge on any atom is 0.126 e. The number of halogens is 3. The molecule has 0 heterocycles. The van der Waals surface area contributed by atoms with Crippen LogP contribution in [0.3, 0.4) is 0 Å². The number of rotatable bonds is 3. The van der Waals surface area contributed by atoms with Crippen LogP contribution in [0.25, 0.3) is 0 Å². The van der Waals surface area contributed by atoms with Gasteiger partial charge in [-0.3, -0.25) is 4.84 Å². The van der Waals surface area contributed by atoms with E-state index in [-0.39, 0.29) is 6.61 Å². The molecule has 1 N–H and O–H groups in total. The fraction of sp³-hybridized carbons (Fsp3) is 0.143. The summed E-state index contributed by atoms with van der Waals surface area (Å²) in [5.41, 5.74) is 0.376. The van der Waals surface area contributed by atoms with Crippen molar-refractivity contribution in [3.63, 3.8) is 0 Å². The third-order valence-electron chi connectivity index (χ3n) is 1.22. The summed E-state index contributed by atoms with van der Waals surface area (Å²) in [6, 6.07) is 3.12. The van der Waals surface area contributed by atoms with Crippen molar-refractivity contribution in [1.29, 1.82) is 0 Å². The molecule has 5 heteroatoms. The van der Waals surface area contributed by atoms with Gasteiger partial charge >= 0.3 is 0 Å². The summed E-state index contributed by atoms with van der Waals surface area (Å²) in [4.78, 5) is 6.39. The van der Waals surface area contributed by atoms with Crippen LogP contribution < -0.4 is 5.00 Å². The molecule has 0 amide bonds. The minimum Gasteiger partial charge on any atom is -0.282 e. The minimum absolute atomic E-state index is 0.0121. The Balaban J connectivity index is 2.72. The molecule has 0 spiro atoms. The first-order valence-corrected chi connectivity index (χ1v) is 3.52. The van der Waals surface area contributed by atoms with Gasteiger partial charge in [-0.15, -0.1) is 5.00 Å². The molecule has 0 fully saturated rings. The topological polar surface area (TPSA) is 21.3 Å². The van der Waals surface area contributed by atoms with Crippen LogP contribution >= 0.6 is 11.8 Å². The van der Waals surface area contributed by atoms with Gasteiger partial charge in [0.15, 0.2) is 0 Å². The summed E-state index contributed by atoms with van der Waals surface area (Å²) >= 11 is 4.97. The molecule has 0 bridgehead atoms. The van der Waals surface area contributed by atoms with E-state index in [9.17, 15) is 8.78 Å². The van der Waals surface area contributed by atoms with Gasteiger partial charge in [-0.05, 0) is 17.7 Å². The molecule has 0 atom stereocenters. The van der Waals surface area contributed by atoms with E-state index in [0.717, 1.165) is 18.2 Å². The summed E-state index contributed by atoms with van der Waals surface area (Å²) in [5, 5.41) is 0. The van der Waals surface area contributed by atoms with Crippen molar-refractivity contribution in [3.05, 3.63) is 35.4 Å². The lowest BCUT2D eigenvalue weighted by Crippen LogP contribution is -2.01. The van der Waals surface area contributed by atoms with E-state index in [1.807, 2.05) is 5.00 Å². The van der Waals surface area contributed by atoms with E-state index in [2.05, 4.69) is 4.84 Å². The van der Waals surface area contributed by atoms with Gasteiger partial charge in [-0.1, -0.05) is 0 Å². The third-order valence-corrected chi connectivity index (χ3v) is 1.32. The second kappa shape index (κ2) is 4.35. The van der Waals surface area contributed by atoms with Crippen LogP contribution in [0.2, 0.25) is 0 Å². The maximum atomic E-state index is 12.5. The molecule has 0 radical (unpaired) electrons. The molecule has 2 nitrogen and oxygen atoms in total. The zero-order valence-corrected chi connectivity index (χ0v) is 6.74. The monoisotopic (exact) mass is 193 g/mol. The Morgan fingerprint density at radius 3 is 2.33 bits per heavy atom. The number of nitrogens with one attached hydrogen (secondary N) is 1. The summed E-state index contributed by atoms with van der Waals surface area (Å²) in [6.45, 7) is 0.0121. The van der Waals surface area contributed by atoms with Gasteiger partial charge in [-0.25, -0.2) is 8.78 Å². The lowest BCUT2D eigenvalue weighted by Gasteiger charge is -2.00. The highest BCUT2D eigenvalue weighted by Crippen LogP contribution is 2.08. The van der Waals surface area contributed by atoms with E-state index in [1.54, 1.807) is 0 Å². The van der Waals surface area contributed by atoms with Gasteiger partial charge < -0.3 is 0 Å². The van der Waals surface area contributed by atoms with Crippen LogP contribution in [0.15, 0.2) is 18.2 Å². The molecular weight excluding hydrogens is 188 g/mol. The average Bonchev–Trinajstić information content (AvgIpc) is 1.99. The van der Waals surface area contributed by atoms with Crippen LogP contribution in [-0.4, -0.2) is 0 Å². The zero-order chi connectivity index (χ0) is 8.97. The predicted octanol–water partition coefficient (Wildman–Crippen LogP) is 2.14. The molecule has 0 saturated carbocycles. The first-order valence-electron chi connectivity index (χ1n) is 3.15. The van der Waals surface area contributed by atoms with E-state index >= 15 is 0 Å². The van der Waals surface area contributed by atoms with E-state index in [1.165, 1.54) is 0 Å². The number of benzene rings is 1. The van der Waals surface area contributed by atoms with Gasteiger partial charge in [-0.2, -0.15) is 0 Å². The van der Waals surface area contributed by atoms with E-state index < -0.39 is 11.6 Å². The van der Waals surface area contributed by atoms with E-state index in [4.69, 9.17) is 11.8 Å². The molecule has 0 unspecified atom stereocenters. The van der Waals surface area contributed by atoms with Crippen molar-refractivity contribution in [1.82, 2.24) is 5.00 Å². The first kappa shape index (κ1) is 9.38. The summed E-state index contributed by atoms with van der Waals surface area (Å²) in [5.74, 6) is -1.27. The summed E-state index contributed by atoms with van der Waals surface area (Å²) < 4.78 is 25.0. The normalized spacial score (nSPS) is 10.2. The number of hydrogen-bond donors (Lipinski definition) is 1. The molecule has 1 aromatic carbocycles. The fourth-order valence-corrected chi connectivity index (χ4v) is 0.859. The van der Waals surface area contributed by atoms with E-state index in [0.29, 0.717) is 5.56 Å². The fourth-order valence-electron chi connectivity index (χ4n) is 0.805. The molecule has 66 valence electrons. The Morgan fingerprint density at radius 1 is 1.25 bits per heavy atom. The van der Waals surface area contributed by atoms with Gasteiger partial charge in [0, 0.05) is 17.8 Å². The van der Waals surface area contributed by atoms with Gasteiger partial charge in [0.25, 0.3) is 0 Å². The lowest BCUT2D eigenvalue weighted by molar-refractivity contribution is 0.0813. The standard InChI is InChI=1S/C7H6ClF2NO/c8-11-12-4-5-1-6(9)3-7(10)2-5/h1-3,11H,4H2. The van der Waals surface area contributed by atoms with Crippen LogP contribution in [0.4, 0.5) is 8.78 Å². The Labute approximate surface area is 73.2 Å². The highest BCUT2D eigenvalue weighted by atomic mass is 35.5. The Morgan fingerprint density at radius 2 is 1.83 bits per heavy atom. The van der Waals surface area contributed by atoms with Crippen LogP contribution in [0.1, 0.15) is 5.56 Å². The van der Waals surface area contributed by atoms with Crippen molar-refractivity contribution in [2.75, 3.05) is 0 Å². The summed E-state index contributed by atoms with van der Waals surface area (Å²) in [7, 11) is 0. The molecule has 1 aromatic rings. The Bertz CT molecular complexity index is 249. The largest absolute Gasteiger partial charge is 0.282 e. The van der Waals surface area contributed by atoms with Gasteiger partial charge in [0.2, 0.25) is 0 Å². The van der Waals surface area contributed by atoms with Gasteiger partial charge in [0.1, 0.15) is 11.6 Å². The van der Waals surface area contributed by atoms with Crippen molar-refractivity contribution < 1.29 is 13.6 Å². The summed E-state index contributed by atoms with van der Waals surface area (Å²) in [6.07, 6.45) is 0. The van der Waals surface area contributed by atoms with Crippen molar-refractivity contribution >= 4 is 11.8 Å². The second-order valence-electron chi connectivity index (χ2n) is 2.14. The molecular formula is C7H6ClF2NO. The van der Waals surface area contributed by atoms with Crippen molar-refractivity contribution in [3.8, 4) is 0 Å². The van der Waals surface area contributed by atoms with Crippen LogP contribution in [-0.2, 0) is 11.4 Å². The van der Waals surface area contributed by atoms with Gasteiger partial charge in [0.05, 0.1) is 6.61 Å². The molecule has 0 aliphatic heterocycles. The molecule has 0 aromatic heterocycles. The van der Waals surface area contributed by atoms with Crippen molar-refractivity contribution in [2.45, 2.75) is 6.61 Å². The molecule has 0 aliphatic carbocycles. The number of hydrogen-bond acceptors (Lipinski definition) is 2. The lowest BCUT2D eigenvalue weighted by atomic mass is 10.2. The second-order valence-corrected chi connectivity index (χ2v) is 2.30. The average molecular weight is 194 g/mol. The minimum atomic E-state index is -0.636. The Kier molecular flexibility index (Phi) is 3.40. The first-order chi connectivity index (χ1) is 5.72. The highest BCUT2D eigenvalue weighted by Gasteiger charge is 1.99.